The van der Waals surface area contributed by atoms with E-state index in [9.17, 15) is 4.79 Å². The summed E-state index contributed by atoms with van der Waals surface area (Å²) in [5.74, 6) is -0.0822. The van der Waals surface area contributed by atoms with Crippen LogP contribution in [0.1, 0.15) is 28.0 Å². The van der Waals surface area contributed by atoms with Crippen LogP contribution >= 0.6 is 0 Å². The predicted molar refractivity (Wildman–Crippen MR) is 96.5 cm³/mol. The van der Waals surface area contributed by atoms with E-state index < -0.39 is 0 Å². The van der Waals surface area contributed by atoms with Gasteiger partial charge in [0.1, 0.15) is 0 Å². The normalized spacial score (nSPS) is 16.5. The zero-order valence-corrected chi connectivity index (χ0v) is 14.2. The van der Waals surface area contributed by atoms with Crippen molar-refractivity contribution in [3.63, 3.8) is 0 Å². The molecule has 4 rings (SSSR count). The number of amides is 1. The maximum atomic E-state index is 13.2. The molecular formula is C20H20N4O. The zero-order valence-electron chi connectivity index (χ0n) is 14.2. The summed E-state index contributed by atoms with van der Waals surface area (Å²) in [5.41, 5.74) is 3.83. The van der Waals surface area contributed by atoms with Gasteiger partial charge in [0.25, 0.3) is 5.91 Å². The molecule has 1 aromatic heterocycles. The Bertz CT molecular complexity index is 887. The number of nitrogens with zero attached hydrogens (tertiary/aromatic N) is 4. The maximum Gasteiger partial charge on any atom is 0.280 e. The van der Waals surface area contributed by atoms with Gasteiger partial charge in [0.15, 0.2) is 5.69 Å². The van der Waals surface area contributed by atoms with Crippen LogP contribution in [0.4, 0.5) is 5.69 Å². The van der Waals surface area contributed by atoms with E-state index in [1.165, 1.54) is 15.9 Å². The molecule has 1 aliphatic rings. The Labute approximate surface area is 146 Å². The number of rotatable bonds is 3. The van der Waals surface area contributed by atoms with Crippen molar-refractivity contribution in [1.82, 2.24) is 15.0 Å². The molecule has 1 atom stereocenters. The number of carbonyl (C=O) groups excluding carboxylic acids is 1. The standard InChI is InChI=1S/C20H20N4O/c1-23-21-14-18(22-23)20(25)24-17(13-15-7-3-2-4-8-15)12-11-16-9-5-6-10-19(16)24/h2-10,14,17H,11-13H2,1H3. The van der Waals surface area contributed by atoms with Crippen LogP contribution in [0.5, 0.6) is 0 Å². The average Bonchev–Trinajstić information content (AvgIpc) is 3.08. The minimum absolute atomic E-state index is 0.0822. The molecule has 0 saturated heterocycles. The van der Waals surface area contributed by atoms with Crippen molar-refractivity contribution < 1.29 is 4.79 Å². The van der Waals surface area contributed by atoms with Gasteiger partial charge in [-0.15, -0.1) is 5.10 Å². The molecule has 1 aliphatic heterocycles. The first-order valence-electron chi connectivity index (χ1n) is 8.54. The van der Waals surface area contributed by atoms with Crippen molar-refractivity contribution >= 4 is 11.6 Å². The molecule has 2 heterocycles. The fourth-order valence-electron chi connectivity index (χ4n) is 3.53. The lowest BCUT2D eigenvalue weighted by molar-refractivity contribution is 0.0967. The smallest absolute Gasteiger partial charge is 0.280 e. The van der Waals surface area contributed by atoms with Crippen molar-refractivity contribution in [2.24, 2.45) is 7.05 Å². The first-order valence-corrected chi connectivity index (χ1v) is 8.54. The molecule has 0 N–H and O–H groups in total. The second kappa shape index (κ2) is 6.51. The lowest BCUT2D eigenvalue weighted by Gasteiger charge is -2.37. The quantitative estimate of drug-likeness (QED) is 0.741. The summed E-state index contributed by atoms with van der Waals surface area (Å²) < 4.78 is 0. The second-order valence-corrected chi connectivity index (χ2v) is 6.41. The molecule has 0 bridgehead atoms. The Hall–Kier alpha value is -2.95. The topological polar surface area (TPSA) is 51.0 Å². The van der Waals surface area contributed by atoms with Crippen molar-refractivity contribution in [2.45, 2.75) is 25.3 Å². The molecule has 0 radical (unpaired) electrons. The first-order chi connectivity index (χ1) is 12.2. The van der Waals surface area contributed by atoms with Crippen LogP contribution in [-0.4, -0.2) is 26.9 Å². The van der Waals surface area contributed by atoms with Crippen LogP contribution in [0, 0.1) is 0 Å². The summed E-state index contributed by atoms with van der Waals surface area (Å²) in [5, 5.41) is 8.27. The Kier molecular flexibility index (Phi) is 4.06. The lowest BCUT2D eigenvalue weighted by atomic mass is 9.91. The third kappa shape index (κ3) is 3.05. The number of hydrogen-bond acceptors (Lipinski definition) is 3. The number of aromatic nitrogens is 3. The van der Waals surface area contributed by atoms with Gasteiger partial charge in [0, 0.05) is 18.8 Å². The summed E-state index contributed by atoms with van der Waals surface area (Å²) in [4.78, 5) is 16.5. The van der Waals surface area contributed by atoms with E-state index in [1.807, 2.05) is 41.3 Å². The molecular weight excluding hydrogens is 312 g/mol. The number of para-hydroxylation sites is 1. The van der Waals surface area contributed by atoms with Crippen molar-refractivity contribution in [2.75, 3.05) is 4.90 Å². The Morgan fingerprint density at radius 1 is 1.12 bits per heavy atom. The highest BCUT2D eigenvalue weighted by molar-refractivity contribution is 6.05. The van der Waals surface area contributed by atoms with Gasteiger partial charge >= 0.3 is 0 Å². The molecule has 0 fully saturated rings. The minimum Gasteiger partial charge on any atom is -0.303 e. The number of fused-ring (bicyclic) bond motifs is 1. The molecule has 1 amide bonds. The van der Waals surface area contributed by atoms with Gasteiger partial charge in [-0.2, -0.15) is 9.90 Å². The lowest BCUT2D eigenvalue weighted by Crippen LogP contribution is -2.45. The number of benzene rings is 2. The van der Waals surface area contributed by atoms with Crippen LogP contribution in [0.3, 0.4) is 0 Å². The first kappa shape index (κ1) is 15.6. The largest absolute Gasteiger partial charge is 0.303 e. The minimum atomic E-state index is -0.0822. The molecule has 126 valence electrons. The predicted octanol–water partition coefficient (Wildman–Crippen LogP) is 3.02. The maximum absolute atomic E-state index is 13.2. The van der Waals surface area contributed by atoms with Crippen LogP contribution in [-0.2, 0) is 19.9 Å². The van der Waals surface area contributed by atoms with Gasteiger partial charge in [-0.1, -0.05) is 48.5 Å². The van der Waals surface area contributed by atoms with Crippen molar-refractivity contribution in [3.05, 3.63) is 77.6 Å². The van der Waals surface area contributed by atoms with Gasteiger partial charge in [-0.25, -0.2) is 0 Å². The van der Waals surface area contributed by atoms with Gasteiger partial charge < -0.3 is 4.90 Å². The molecule has 3 aromatic rings. The van der Waals surface area contributed by atoms with Crippen LogP contribution < -0.4 is 4.90 Å². The van der Waals surface area contributed by atoms with E-state index >= 15 is 0 Å². The molecule has 0 spiro atoms. The van der Waals surface area contributed by atoms with Gasteiger partial charge in [-0.05, 0) is 36.5 Å². The highest BCUT2D eigenvalue weighted by Crippen LogP contribution is 2.33. The second-order valence-electron chi connectivity index (χ2n) is 6.41. The van der Waals surface area contributed by atoms with Crippen LogP contribution in [0.25, 0.3) is 0 Å². The zero-order chi connectivity index (χ0) is 17.2. The third-order valence-corrected chi connectivity index (χ3v) is 4.71. The van der Waals surface area contributed by atoms with Gasteiger partial charge in [0.2, 0.25) is 0 Å². The number of anilines is 1. The number of hydrogen-bond donors (Lipinski definition) is 0. The van der Waals surface area contributed by atoms with E-state index in [0.717, 1.165) is 24.9 Å². The van der Waals surface area contributed by atoms with Crippen LogP contribution in [0.2, 0.25) is 0 Å². The average molecular weight is 332 g/mol. The molecule has 5 heteroatoms. The Morgan fingerprint density at radius 3 is 2.64 bits per heavy atom. The molecule has 5 nitrogen and oxygen atoms in total. The van der Waals surface area contributed by atoms with E-state index in [4.69, 9.17) is 0 Å². The highest BCUT2D eigenvalue weighted by Gasteiger charge is 2.32. The molecule has 2 aromatic carbocycles. The van der Waals surface area contributed by atoms with E-state index in [-0.39, 0.29) is 11.9 Å². The van der Waals surface area contributed by atoms with Gasteiger partial charge in [-0.3, -0.25) is 4.79 Å². The van der Waals surface area contributed by atoms with E-state index in [2.05, 4.69) is 28.4 Å². The fraction of sp³-hybridized carbons (Fsp3) is 0.250. The monoisotopic (exact) mass is 332 g/mol. The molecule has 0 saturated carbocycles. The van der Waals surface area contributed by atoms with E-state index in [1.54, 1.807) is 13.2 Å². The molecule has 1 unspecified atom stereocenters. The van der Waals surface area contributed by atoms with Crippen LogP contribution in [0.15, 0.2) is 60.8 Å². The molecule has 0 aliphatic carbocycles. The summed E-state index contributed by atoms with van der Waals surface area (Å²) in [6.07, 6.45) is 4.30. The van der Waals surface area contributed by atoms with Crippen molar-refractivity contribution in [3.8, 4) is 0 Å². The summed E-state index contributed by atoms with van der Waals surface area (Å²) in [7, 11) is 1.72. The van der Waals surface area contributed by atoms with Gasteiger partial charge in [0.05, 0.1) is 6.20 Å². The SMILES string of the molecule is Cn1ncc(C(=O)N2c3ccccc3CCC2Cc2ccccc2)n1. The Balaban J connectivity index is 1.72. The van der Waals surface area contributed by atoms with Crippen molar-refractivity contribution in [1.29, 1.82) is 0 Å². The molecule has 25 heavy (non-hydrogen) atoms. The third-order valence-electron chi connectivity index (χ3n) is 4.71. The summed E-state index contributed by atoms with van der Waals surface area (Å²) in [6.45, 7) is 0. The fourth-order valence-corrected chi connectivity index (χ4v) is 3.53. The number of carbonyl (C=O) groups is 1. The van der Waals surface area contributed by atoms with E-state index in [0.29, 0.717) is 5.69 Å². The highest BCUT2D eigenvalue weighted by atomic mass is 16.2. The number of aryl methyl sites for hydroxylation is 2. The Morgan fingerprint density at radius 2 is 1.88 bits per heavy atom. The summed E-state index contributed by atoms with van der Waals surface area (Å²) >= 11 is 0. The summed E-state index contributed by atoms with van der Waals surface area (Å²) in [6, 6.07) is 18.6.